The van der Waals surface area contributed by atoms with Crippen molar-refractivity contribution in [2.45, 2.75) is 5.16 Å². The molecule has 6 heteroatoms. The summed E-state index contributed by atoms with van der Waals surface area (Å²) in [5.74, 6) is -0.946. The molecule has 0 aliphatic carbocycles. The molecule has 0 radical (unpaired) electrons. The van der Waals surface area contributed by atoms with Crippen LogP contribution >= 0.6 is 27.7 Å². The van der Waals surface area contributed by atoms with Crippen LogP contribution in [0.25, 0.3) is 11.0 Å². The van der Waals surface area contributed by atoms with Crippen molar-refractivity contribution in [3.8, 4) is 0 Å². The van der Waals surface area contributed by atoms with Crippen molar-refractivity contribution in [1.29, 1.82) is 0 Å². The highest BCUT2D eigenvalue weighted by Crippen LogP contribution is 2.26. The van der Waals surface area contributed by atoms with Crippen LogP contribution in [0.2, 0.25) is 0 Å². The standard InChI is InChI=1S/C9H7BrN2O2S/c1-15-9-11-6-3-4(8(13)14)2-5(10)7(6)12-9/h2-3H,1H3,(H,11,12)(H,13,14). The molecular formula is C9H7BrN2O2S. The molecule has 0 atom stereocenters. The topological polar surface area (TPSA) is 66.0 Å². The van der Waals surface area contributed by atoms with Gasteiger partial charge in [0.1, 0.15) is 5.52 Å². The van der Waals surface area contributed by atoms with Crippen molar-refractivity contribution in [3.05, 3.63) is 22.2 Å². The molecule has 0 saturated heterocycles. The van der Waals surface area contributed by atoms with Crippen LogP contribution in [0.4, 0.5) is 0 Å². The van der Waals surface area contributed by atoms with E-state index in [1.807, 2.05) is 6.26 Å². The maximum Gasteiger partial charge on any atom is 0.335 e. The van der Waals surface area contributed by atoms with E-state index >= 15 is 0 Å². The fourth-order valence-corrected chi connectivity index (χ4v) is 2.22. The molecule has 4 nitrogen and oxygen atoms in total. The Bertz CT molecular complexity index is 538. The minimum absolute atomic E-state index is 0.241. The number of nitrogens with one attached hydrogen (secondary N) is 1. The number of halogens is 1. The van der Waals surface area contributed by atoms with Gasteiger partial charge in [-0.25, -0.2) is 9.78 Å². The van der Waals surface area contributed by atoms with Crippen molar-refractivity contribution in [1.82, 2.24) is 9.97 Å². The minimum atomic E-state index is -0.946. The van der Waals surface area contributed by atoms with Gasteiger partial charge >= 0.3 is 5.97 Å². The molecule has 0 bridgehead atoms. The Labute approximate surface area is 98.2 Å². The lowest BCUT2D eigenvalue weighted by Gasteiger charge is -1.96. The number of H-pyrrole nitrogens is 1. The van der Waals surface area contributed by atoms with E-state index in [2.05, 4.69) is 25.9 Å². The van der Waals surface area contributed by atoms with Gasteiger partial charge in [-0.3, -0.25) is 0 Å². The second kappa shape index (κ2) is 3.86. The normalized spacial score (nSPS) is 10.8. The van der Waals surface area contributed by atoms with Gasteiger partial charge in [0.15, 0.2) is 5.16 Å². The Hall–Kier alpha value is -1.01. The Morgan fingerprint density at radius 1 is 1.60 bits per heavy atom. The molecule has 1 aromatic heterocycles. The first kappa shape index (κ1) is 10.5. The van der Waals surface area contributed by atoms with Crippen LogP contribution in [0.15, 0.2) is 21.8 Å². The highest BCUT2D eigenvalue weighted by Gasteiger charge is 2.10. The van der Waals surface area contributed by atoms with E-state index in [1.165, 1.54) is 11.8 Å². The van der Waals surface area contributed by atoms with Gasteiger partial charge in [-0.1, -0.05) is 11.8 Å². The first-order valence-electron chi connectivity index (χ1n) is 4.08. The number of aromatic nitrogens is 2. The third-order valence-corrected chi connectivity index (χ3v) is 3.14. The highest BCUT2D eigenvalue weighted by atomic mass is 79.9. The molecule has 1 heterocycles. The Kier molecular flexibility index (Phi) is 2.70. The van der Waals surface area contributed by atoms with Gasteiger partial charge in [-0.15, -0.1) is 0 Å². The number of benzene rings is 1. The molecule has 2 aromatic rings. The predicted octanol–water partition coefficient (Wildman–Crippen LogP) is 2.75. The first-order valence-corrected chi connectivity index (χ1v) is 6.10. The maximum absolute atomic E-state index is 10.8. The van der Waals surface area contributed by atoms with Gasteiger partial charge in [-0.05, 0) is 34.3 Å². The highest BCUT2D eigenvalue weighted by molar-refractivity contribution is 9.10. The Balaban J connectivity index is 2.70. The summed E-state index contributed by atoms with van der Waals surface area (Å²) in [7, 11) is 0. The summed E-state index contributed by atoms with van der Waals surface area (Å²) in [5.41, 5.74) is 1.72. The van der Waals surface area contributed by atoms with E-state index in [0.29, 0.717) is 4.47 Å². The Morgan fingerprint density at radius 3 is 2.93 bits per heavy atom. The van der Waals surface area contributed by atoms with Crippen LogP contribution in [-0.2, 0) is 0 Å². The quantitative estimate of drug-likeness (QED) is 0.833. The number of aromatic amines is 1. The van der Waals surface area contributed by atoms with Gasteiger partial charge in [0.2, 0.25) is 0 Å². The van der Waals surface area contributed by atoms with E-state index in [4.69, 9.17) is 5.11 Å². The molecular weight excluding hydrogens is 280 g/mol. The fourth-order valence-electron chi connectivity index (χ4n) is 1.27. The van der Waals surface area contributed by atoms with E-state index in [9.17, 15) is 4.79 Å². The van der Waals surface area contributed by atoms with Crippen molar-refractivity contribution in [3.63, 3.8) is 0 Å². The SMILES string of the molecule is CSc1nc2c(Br)cc(C(=O)O)cc2[nH]1. The molecule has 0 aliphatic rings. The summed E-state index contributed by atoms with van der Waals surface area (Å²) in [6.45, 7) is 0. The summed E-state index contributed by atoms with van der Waals surface area (Å²) in [6, 6.07) is 3.13. The summed E-state index contributed by atoms with van der Waals surface area (Å²) >= 11 is 4.79. The van der Waals surface area contributed by atoms with E-state index in [0.717, 1.165) is 16.2 Å². The molecule has 0 saturated carbocycles. The molecule has 2 N–H and O–H groups in total. The number of thioether (sulfide) groups is 1. The summed E-state index contributed by atoms with van der Waals surface area (Å²) in [5, 5.41) is 9.64. The average molecular weight is 287 g/mol. The number of nitrogens with zero attached hydrogens (tertiary/aromatic N) is 1. The molecule has 0 amide bonds. The van der Waals surface area contributed by atoms with Crippen LogP contribution in [0.5, 0.6) is 0 Å². The zero-order chi connectivity index (χ0) is 11.0. The lowest BCUT2D eigenvalue weighted by Crippen LogP contribution is -1.95. The van der Waals surface area contributed by atoms with E-state index in [1.54, 1.807) is 12.1 Å². The van der Waals surface area contributed by atoms with E-state index < -0.39 is 5.97 Å². The van der Waals surface area contributed by atoms with Gasteiger partial charge in [0.05, 0.1) is 11.1 Å². The van der Waals surface area contributed by atoms with Crippen LogP contribution in [0.3, 0.4) is 0 Å². The minimum Gasteiger partial charge on any atom is -0.478 e. The maximum atomic E-state index is 10.8. The van der Waals surface area contributed by atoms with Crippen molar-refractivity contribution < 1.29 is 9.90 Å². The van der Waals surface area contributed by atoms with E-state index in [-0.39, 0.29) is 5.56 Å². The molecule has 78 valence electrons. The zero-order valence-corrected chi connectivity index (χ0v) is 10.1. The van der Waals surface area contributed by atoms with Crippen molar-refractivity contribution in [2.24, 2.45) is 0 Å². The average Bonchev–Trinajstić information content (AvgIpc) is 2.61. The van der Waals surface area contributed by atoms with Crippen molar-refractivity contribution >= 4 is 44.7 Å². The Morgan fingerprint density at radius 2 is 2.33 bits per heavy atom. The lowest BCUT2D eigenvalue weighted by atomic mass is 10.2. The summed E-state index contributed by atoms with van der Waals surface area (Å²) in [6.07, 6.45) is 1.91. The van der Waals surface area contributed by atoms with Crippen LogP contribution in [-0.4, -0.2) is 27.3 Å². The molecule has 0 unspecified atom stereocenters. The number of fused-ring (bicyclic) bond motifs is 1. The van der Waals surface area contributed by atoms with Gasteiger partial charge < -0.3 is 10.1 Å². The number of hydrogen-bond acceptors (Lipinski definition) is 3. The summed E-state index contributed by atoms with van der Waals surface area (Å²) < 4.78 is 0.689. The molecule has 0 spiro atoms. The second-order valence-electron chi connectivity index (χ2n) is 2.91. The largest absolute Gasteiger partial charge is 0.478 e. The smallest absolute Gasteiger partial charge is 0.335 e. The predicted molar refractivity (Wildman–Crippen MR) is 62.5 cm³/mol. The zero-order valence-electron chi connectivity index (χ0n) is 7.74. The molecule has 1 aromatic carbocycles. The van der Waals surface area contributed by atoms with Crippen LogP contribution in [0, 0.1) is 0 Å². The molecule has 0 fully saturated rings. The van der Waals surface area contributed by atoms with Crippen LogP contribution < -0.4 is 0 Å². The number of hydrogen-bond donors (Lipinski definition) is 2. The van der Waals surface area contributed by atoms with Crippen LogP contribution in [0.1, 0.15) is 10.4 Å². The van der Waals surface area contributed by atoms with Gasteiger partial charge in [-0.2, -0.15) is 0 Å². The molecule has 0 aliphatic heterocycles. The number of rotatable bonds is 2. The lowest BCUT2D eigenvalue weighted by molar-refractivity contribution is 0.0697. The number of carboxylic acid groups (broad SMARTS) is 1. The second-order valence-corrected chi connectivity index (χ2v) is 4.55. The van der Waals surface area contributed by atoms with Gasteiger partial charge in [0.25, 0.3) is 0 Å². The van der Waals surface area contributed by atoms with Gasteiger partial charge in [0, 0.05) is 4.47 Å². The molecule has 15 heavy (non-hydrogen) atoms. The first-order chi connectivity index (χ1) is 7.11. The molecule has 2 rings (SSSR count). The fraction of sp³-hybridized carbons (Fsp3) is 0.111. The third kappa shape index (κ3) is 1.87. The number of aromatic carboxylic acids is 1. The number of imidazole rings is 1. The van der Waals surface area contributed by atoms with Crippen molar-refractivity contribution in [2.75, 3.05) is 6.26 Å². The third-order valence-electron chi connectivity index (χ3n) is 1.96. The number of carbonyl (C=O) groups is 1. The monoisotopic (exact) mass is 286 g/mol. The summed E-state index contributed by atoms with van der Waals surface area (Å²) in [4.78, 5) is 18.2. The number of carboxylic acids is 1.